The second-order valence-corrected chi connectivity index (χ2v) is 6.12. The highest BCUT2D eigenvalue weighted by Crippen LogP contribution is 2.30. The van der Waals surface area contributed by atoms with E-state index in [1.54, 1.807) is 35.9 Å². The van der Waals surface area contributed by atoms with Crippen LogP contribution in [0.25, 0.3) is 0 Å². The van der Waals surface area contributed by atoms with Gasteiger partial charge in [-0.25, -0.2) is 0 Å². The van der Waals surface area contributed by atoms with Gasteiger partial charge < -0.3 is 5.11 Å². The number of hydrogen-bond acceptors (Lipinski definition) is 3. The lowest BCUT2D eigenvalue weighted by atomic mass is 9.90. The van der Waals surface area contributed by atoms with Crippen LogP contribution in [0.15, 0.2) is 28.7 Å². The number of rotatable bonds is 4. The van der Waals surface area contributed by atoms with Crippen LogP contribution in [0.3, 0.4) is 0 Å². The normalized spacial score (nSPS) is 13.7. The molecule has 0 aliphatic carbocycles. The van der Waals surface area contributed by atoms with Gasteiger partial charge in [0, 0.05) is 13.5 Å². The van der Waals surface area contributed by atoms with Gasteiger partial charge in [0.1, 0.15) is 0 Å². The number of aliphatic hydroxyl groups is 1. The molecule has 5 heteroatoms. The first kappa shape index (κ1) is 15.7. The Hall–Kier alpha value is -1.64. The van der Waals surface area contributed by atoms with E-state index in [0.29, 0.717) is 12.0 Å². The highest BCUT2D eigenvalue weighted by Gasteiger charge is 2.27. The Morgan fingerprint density at radius 3 is 2.48 bits per heavy atom. The first-order valence-electron chi connectivity index (χ1n) is 6.82. The Morgan fingerprint density at radius 1 is 1.38 bits per heavy atom. The van der Waals surface area contributed by atoms with E-state index in [1.165, 1.54) is 0 Å². The summed E-state index contributed by atoms with van der Waals surface area (Å²) in [6.07, 6.45) is 1.29. The number of nitrogens with zero attached hydrogens (tertiary/aromatic N) is 3. The van der Waals surface area contributed by atoms with Crippen molar-refractivity contribution in [3.63, 3.8) is 0 Å². The molecule has 0 bridgehead atoms. The first-order chi connectivity index (χ1) is 9.89. The van der Waals surface area contributed by atoms with Crippen LogP contribution in [0.5, 0.6) is 0 Å². The van der Waals surface area contributed by atoms with Crippen LogP contribution in [0.1, 0.15) is 36.4 Å². The van der Waals surface area contributed by atoms with Gasteiger partial charge in [-0.2, -0.15) is 10.4 Å². The third kappa shape index (κ3) is 3.17. The van der Waals surface area contributed by atoms with Crippen LogP contribution in [-0.2, 0) is 25.5 Å². The molecule has 0 saturated heterocycles. The fourth-order valence-electron chi connectivity index (χ4n) is 2.34. The summed E-state index contributed by atoms with van der Waals surface area (Å²) >= 11 is 3.57. The zero-order valence-electron chi connectivity index (χ0n) is 12.4. The van der Waals surface area contributed by atoms with E-state index in [-0.39, 0.29) is 0 Å². The lowest BCUT2D eigenvalue weighted by Gasteiger charge is -2.24. The summed E-state index contributed by atoms with van der Waals surface area (Å²) in [6.45, 7) is 3.83. The highest BCUT2D eigenvalue weighted by atomic mass is 79.9. The molecule has 0 amide bonds. The minimum atomic E-state index is -1.02. The van der Waals surface area contributed by atoms with Gasteiger partial charge in [-0.05, 0) is 47.0 Å². The summed E-state index contributed by atoms with van der Waals surface area (Å²) in [5.74, 6) is 0. The predicted molar refractivity (Wildman–Crippen MR) is 84.7 cm³/mol. The van der Waals surface area contributed by atoms with Gasteiger partial charge in [0.05, 0.1) is 33.1 Å². The zero-order chi connectivity index (χ0) is 15.6. The molecular weight excluding hydrogens is 330 g/mol. The minimum Gasteiger partial charge on any atom is -0.385 e. The predicted octanol–water partition coefficient (Wildman–Crippen LogP) is 3.07. The van der Waals surface area contributed by atoms with Gasteiger partial charge in [-0.3, -0.25) is 4.68 Å². The van der Waals surface area contributed by atoms with E-state index in [4.69, 9.17) is 5.26 Å². The van der Waals surface area contributed by atoms with Crippen LogP contribution in [0.4, 0.5) is 0 Å². The average molecular weight is 348 g/mol. The molecule has 1 unspecified atom stereocenters. The smallest absolute Gasteiger partial charge is 0.0991 e. The third-order valence-electron chi connectivity index (χ3n) is 3.65. The summed E-state index contributed by atoms with van der Waals surface area (Å²) in [7, 11) is 1.88. The number of nitriles is 1. The Kier molecular flexibility index (Phi) is 4.50. The molecule has 0 radical (unpaired) electrons. The molecule has 2 aromatic rings. The molecule has 110 valence electrons. The van der Waals surface area contributed by atoms with Gasteiger partial charge in [-0.15, -0.1) is 0 Å². The molecule has 0 fully saturated rings. The van der Waals surface area contributed by atoms with E-state index < -0.39 is 5.60 Å². The van der Waals surface area contributed by atoms with Gasteiger partial charge >= 0.3 is 0 Å². The molecule has 1 heterocycles. The maximum Gasteiger partial charge on any atom is 0.0991 e. The van der Waals surface area contributed by atoms with Crippen molar-refractivity contribution in [2.75, 3.05) is 0 Å². The van der Waals surface area contributed by atoms with Crippen molar-refractivity contribution in [1.29, 1.82) is 5.26 Å². The summed E-state index contributed by atoms with van der Waals surface area (Å²) in [5, 5.41) is 24.1. The van der Waals surface area contributed by atoms with E-state index >= 15 is 0 Å². The van der Waals surface area contributed by atoms with Crippen molar-refractivity contribution in [3.8, 4) is 6.07 Å². The van der Waals surface area contributed by atoms with Gasteiger partial charge in [0.15, 0.2) is 0 Å². The Balaban J connectivity index is 2.32. The fourth-order valence-corrected chi connectivity index (χ4v) is 3.10. The third-order valence-corrected chi connectivity index (χ3v) is 4.57. The summed E-state index contributed by atoms with van der Waals surface area (Å²) in [4.78, 5) is 0. The van der Waals surface area contributed by atoms with E-state index in [1.807, 2.05) is 7.05 Å². The van der Waals surface area contributed by atoms with E-state index in [0.717, 1.165) is 27.8 Å². The molecular formula is C16H18BrN3O. The molecule has 21 heavy (non-hydrogen) atoms. The van der Waals surface area contributed by atoms with Crippen LogP contribution >= 0.6 is 15.9 Å². The van der Waals surface area contributed by atoms with Gasteiger partial charge in [0.25, 0.3) is 0 Å². The Bertz CT molecular complexity index is 681. The standard InChI is InChI=1S/C16H18BrN3O/c1-4-13-15(17)14(20(3)19-13)9-16(2,21)12-7-5-11(10-18)6-8-12/h5-8,21H,4,9H2,1-3H3. The Labute approximate surface area is 133 Å². The monoisotopic (exact) mass is 347 g/mol. The molecule has 0 aliphatic rings. The number of aryl methyl sites for hydroxylation is 2. The highest BCUT2D eigenvalue weighted by molar-refractivity contribution is 9.10. The van der Waals surface area contributed by atoms with Crippen molar-refractivity contribution in [2.45, 2.75) is 32.3 Å². The number of aromatic nitrogens is 2. The van der Waals surface area contributed by atoms with E-state index in [9.17, 15) is 5.11 Å². The van der Waals surface area contributed by atoms with Crippen molar-refractivity contribution in [3.05, 3.63) is 51.3 Å². The molecule has 2 rings (SSSR count). The first-order valence-corrected chi connectivity index (χ1v) is 7.61. The number of halogens is 1. The van der Waals surface area contributed by atoms with Crippen molar-refractivity contribution in [1.82, 2.24) is 9.78 Å². The summed E-state index contributed by atoms with van der Waals surface area (Å²) < 4.78 is 2.77. The van der Waals surface area contributed by atoms with Crippen LogP contribution < -0.4 is 0 Å². The maximum absolute atomic E-state index is 10.8. The van der Waals surface area contributed by atoms with E-state index in [2.05, 4.69) is 34.0 Å². The lowest BCUT2D eigenvalue weighted by Crippen LogP contribution is -2.25. The molecule has 4 nitrogen and oxygen atoms in total. The topological polar surface area (TPSA) is 61.8 Å². The lowest BCUT2D eigenvalue weighted by molar-refractivity contribution is 0.0554. The quantitative estimate of drug-likeness (QED) is 0.924. The molecule has 0 spiro atoms. The summed E-state index contributed by atoms with van der Waals surface area (Å²) in [6, 6.07) is 9.12. The second-order valence-electron chi connectivity index (χ2n) is 5.32. The van der Waals surface area contributed by atoms with Gasteiger partial charge in [-0.1, -0.05) is 19.1 Å². The number of hydrogen-bond donors (Lipinski definition) is 1. The van der Waals surface area contributed by atoms with Crippen LogP contribution in [-0.4, -0.2) is 14.9 Å². The molecule has 0 aliphatic heterocycles. The van der Waals surface area contributed by atoms with Crippen molar-refractivity contribution >= 4 is 15.9 Å². The van der Waals surface area contributed by atoms with Crippen LogP contribution in [0, 0.1) is 11.3 Å². The zero-order valence-corrected chi connectivity index (χ0v) is 14.0. The van der Waals surface area contributed by atoms with Crippen molar-refractivity contribution < 1.29 is 5.11 Å². The molecule has 1 N–H and O–H groups in total. The molecule has 0 saturated carbocycles. The summed E-state index contributed by atoms with van der Waals surface area (Å²) in [5.41, 5.74) is 2.30. The van der Waals surface area contributed by atoms with Crippen LogP contribution in [0.2, 0.25) is 0 Å². The van der Waals surface area contributed by atoms with Gasteiger partial charge in [0.2, 0.25) is 0 Å². The average Bonchev–Trinajstić information content (AvgIpc) is 2.74. The van der Waals surface area contributed by atoms with Crippen molar-refractivity contribution in [2.24, 2.45) is 7.05 Å². The SMILES string of the molecule is CCc1nn(C)c(CC(C)(O)c2ccc(C#N)cc2)c1Br. The minimum absolute atomic E-state index is 0.447. The fraction of sp³-hybridized carbons (Fsp3) is 0.375. The maximum atomic E-state index is 10.8. The second kappa shape index (κ2) is 6.00. The molecule has 1 atom stereocenters. The Morgan fingerprint density at radius 2 is 2.00 bits per heavy atom. The number of benzene rings is 1. The largest absolute Gasteiger partial charge is 0.385 e. The molecule has 1 aromatic carbocycles. The molecule has 1 aromatic heterocycles.